The van der Waals surface area contributed by atoms with Gasteiger partial charge in [-0.3, -0.25) is 4.79 Å². The van der Waals surface area contributed by atoms with E-state index in [0.717, 1.165) is 16.8 Å². The zero-order valence-corrected chi connectivity index (χ0v) is 11.3. The first-order chi connectivity index (χ1) is 9.54. The fraction of sp³-hybridized carbons (Fsp3) is 0.188. The smallest absolute Gasteiger partial charge is 0.307 e. The second kappa shape index (κ2) is 6.10. The zero-order valence-electron chi connectivity index (χ0n) is 11.3. The summed E-state index contributed by atoms with van der Waals surface area (Å²) in [6.45, 7) is 0.691. The lowest BCUT2D eigenvalue weighted by molar-refractivity contribution is -0.136. The van der Waals surface area contributed by atoms with Gasteiger partial charge in [-0.1, -0.05) is 30.3 Å². The molecule has 0 radical (unpaired) electrons. The normalized spacial score (nSPS) is 10.2. The van der Waals surface area contributed by atoms with Crippen LogP contribution in [0.25, 0.3) is 0 Å². The summed E-state index contributed by atoms with van der Waals surface area (Å²) in [4.78, 5) is 12.6. The summed E-state index contributed by atoms with van der Waals surface area (Å²) < 4.78 is 0. The molecule has 0 spiro atoms. The van der Waals surface area contributed by atoms with E-state index in [4.69, 9.17) is 5.11 Å². The van der Waals surface area contributed by atoms with Crippen molar-refractivity contribution in [3.63, 3.8) is 0 Å². The van der Waals surface area contributed by atoms with Crippen molar-refractivity contribution in [2.45, 2.75) is 13.0 Å². The number of nitrogens with zero attached hydrogens (tertiary/aromatic N) is 1. The number of benzene rings is 2. The topological polar surface area (TPSA) is 60.8 Å². The van der Waals surface area contributed by atoms with Crippen LogP contribution >= 0.6 is 0 Å². The van der Waals surface area contributed by atoms with Crippen LogP contribution in [0.4, 0.5) is 5.69 Å². The highest BCUT2D eigenvalue weighted by molar-refractivity contribution is 5.70. The van der Waals surface area contributed by atoms with Gasteiger partial charge in [-0.25, -0.2) is 0 Å². The molecule has 2 rings (SSSR count). The van der Waals surface area contributed by atoms with Crippen molar-refractivity contribution in [2.24, 2.45) is 0 Å². The monoisotopic (exact) mass is 271 g/mol. The first kappa shape index (κ1) is 13.9. The van der Waals surface area contributed by atoms with Crippen molar-refractivity contribution >= 4 is 11.7 Å². The molecule has 4 nitrogen and oxygen atoms in total. The maximum absolute atomic E-state index is 10.6. The van der Waals surface area contributed by atoms with Gasteiger partial charge < -0.3 is 15.1 Å². The third kappa shape index (κ3) is 3.75. The van der Waals surface area contributed by atoms with E-state index in [-0.39, 0.29) is 12.2 Å². The number of carboxylic acid groups (broad SMARTS) is 1. The molecule has 0 aliphatic carbocycles. The van der Waals surface area contributed by atoms with E-state index in [9.17, 15) is 9.90 Å². The number of hydrogen-bond donors (Lipinski definition) is 2. The van der Waals surface area contributed by atoms with Crippen LogP contribution < -0.4 is 4.90 Å². The molecule has 0 bridgehead atoms. The maximum atomic E-state index is 10.6. The Morgan fingerprint density at radius 3 is 2.35 bits per heavy atom. The van der Waals surface area contributed by atoms with Gasteiger partial charge >= 0.3 is 5.97 Å². The number of phenolic OH excluding ortho intramolecular Hbond substituents is 1. The van der Waals surface area contributed by atoms with Crippen molar-refractivity contribution in [1.82, 2.24) is 0 Å². The Morgan fingerprint density at radius 2 is 1.75 bits per heavy atom. The molecule has 0 heterocycles. The van der Waals surface area contributed by atoms with Crippen molar-refractivity contribution in [3.8, 4) is 5.75 Å². The molecule has 2 aromatic carbocycles. The van der Waals surface area contributed by atoms with E-state index in [1.807, 2.05) is 42.3 Å². The van der Waals surface area contributed by atoms with Crippen LogP contribution in [0, 0.1) is 0 Å². The molecule has 0 aromatic heterocycles. The fourth-order valence-electron chi connectivity index (χ4n) is 2.03. The Kier molecular flexibility index (Phi) is 4.25. The number of carboxylic acids is 1. The molecule has 0 saturated carbocycles. The van der Waals surface area contributed by atoms with E-state index in [2.05, 4.69) is 0 Å². The second-order valence-corrected chi connectivity index (χ2v) is 4.76. The summed E-state index contributed by atoms with van der Waals surface area (Å²) in [6, 6.07) is 14.6. The van der Waals surface area contributed by atoms with Gasteiger partial charge in [-0.05, 0) is 23.3 Å². The standard InChI is InChI=1S/C16H17NO3/c1-17(14-3-2-4-15(18)10-14)11-13-7-5-12(6-8-13)9-16(19)20/h2-8,10,18H,9,11H2,1H3,(H,19,20). The van der Waals surface area contributed by atoms with E-state index in [0.29, 0.717) is 6.54 Å². The van der Waals surface area contributed by atoms with Gasteiger partial charge in [-0.2, -0.15) is 0 Å². The fourth-order valence-corrected chi connectivity index (χ4v) is 2.03. The van der Waals surface area contributed by atoms with Crippen molar-refractivity contribution in [3.05, 3.63) is 59.7 Å². The van der Waals surface area contributed by atoms with Gasteiger partial charge in [0.25, 0.3) is 0 Å². The Morgan fingerprint density at radius 1 is 1.10 bits per heavy atom. The quantitative estimate of drug-likeness (QED) is 0.877. The first-order valence-electron chi connectivity index (χ1n) is 6.34. The average molecular weight is 271 g/mol. The Labute approximate surface area is 117 Å². The van der Waals surface area contributed by atoms with E-state index >= 15 is 0 Å². The lowest BCUT2D eigenvalue weighted by Gasteiger charge is -2.19. The number of aliphatic carboxylic acids is 1. The minimum Gasteiger partial charge on any atom is -0.508 e. The molecule has 0 saturated heterocycles. The third-order valence-electron chi connectivity index (χ3n) is 3.07. The predicted molar refractivity (Wildman–Crippen MR) is 78.0 cm³/mol. The van der Waals surface area contributed by atoms with Crippen molar-refractivity contribution in [1.29, 1.82) is 0 Å². The van der Waals surface area contributed by atoms with Crippen molar-refractivity contribution < 1.29 is 15.0 Å². The van der Waals surface area contributed by atoms with Crippen LogP contribution in [-0.4, -0.2) is 23.2 Å². The number of phenols is 1. The third-order valence-corrected chi connectivity index (χ3v) is 3.07. The maximum Gasteiger partial charge on any atom is 0.307 e. The molecular formula is C16H17NO3. The van der Waals surface area contributed by atoms with Gasteiger partial charge in [0.2, 0.25) is 0 Å². The summed E-state index contributed by atoms with van der Waals surface area (Å²) in [6.07, 6.45) is 0.0443. The molecule has 2 N–H and O–H groups in total. The van der Waals surface area contributed by atoms with Gasteiger partial charge in [0.1, 0.15) is 5.75 Å². The van der Waals surface area contributed by atoms with Gasteiger partial charge in [0.15, 0.2) is 0 Å². The van der Waals surface area contributed by atoms with Crippen LogP contribution in [0.5, 0.6) is 5.75 Å². The molecule has 4 heteroatoms. The molecular weight excluding hydrogens is 254 g/mol. The highest BCUT2D eigenvalue weighted by Crippen LogP contribution is 2.20. The van der Waals surface area contributed by atoms with E-state index < -0.39 is 5.97 Å². The van der Waals surface area contributed by atoms with Crippen molar-refractivity contribution in [2.75, 3.05) is 11.9 Å². The molecule has 0 fully saturated rings. The minimum absolute atomic E-state index is 0.0443. The highest BCUT2D eigenvalue weighted by Gasteiger charge is 2.04. The minimum atomic E-state index is -0.824. The average Bonchev–Trinajstić information content (AvgIpc) is 2.40. The zero-order chi connectivity index (χ0) is 14.5. The molecule has 0 aliphatic heterocycles. The predicted octanol–water partition coefficient (Wildman–Crippen LogP) is 2.66. The molecule has 2 aromatic rings. The molecule has 104 valence electrons. The van der Waals surface area contributed by atoms with Crippen LogP contribution in [0.1, 0.15) is 11.1 Å². The molecule has 0 unspecified atom stereocenters. The number of rotatable bonds is 5. The summed E-state index contributed by atoms with van der Waals surface area (Å²) in [5.74, 6) is -0.583. The number of anilines is 1. The summed E-state index contributed by atoms with van der Waals surface area (Å²) in [7, 11) is 1.94. The first-order valence-corrected chi connectivity index (χ1v) is 6.34. The lowest BCUT2D eigenvalue weighted by atomic mass is 10.1. The summed E-state index contributed by atoms with van der Waals surface area (Å²) in [5, 5.41) is 18.2. The lowest BCUT2D eigenvalue weighted by Crippen LogP contribution is -2.16. The van der Waals surface area contributed by atoms with Crippen LogP contribution in [0.2, 0.25) is 0 Å². The molecule has 0 aliphatic rings. The van der Waals surface area contributed by atoms with Crippen LogP contribution in [0.3, 0.4) is 0 Å². The summed E-state index contributed by atoms with van der Waals surface area (Å²) >= 11 is 0. The Balaban J connectivity index is 2.04. The SMILES string of the molecule is CN(Cc1ccc(CC(=O)O)cc1)c1cccc(O)c1. The van der Waals surface area contributed by atoms with Gasteiger partial charge in [-0.15, -0.1) is 0 Å². The number of hydrogen-bond acceptors (Lipinski definition) is 3. The van der Waals surface area contributed by atoms with Crippen LogP contribution in [0.15, 0.2) is 48.5 Å². The van der Waals surface area contributed by atoms with E-state index in [1.54, 1.807) is 18.2 Å². The van der Waals surface area contributed by atoms with E-state index in [1.165, 1.54) is 0 Å². The second-order valence-electron chi connectivity index (χ2n) is 4.76. The molecule has 0 atom stereocenters. The van der Waals surface area contributed by atoms with Crippen LogP contribution in [-0.2, 0) is 17.8 Å². The largest absolute Gasteiger partial charge is 0.508 e. The highest BCUT2D eigenvalue weighted by atomic mass is 16.4. The van der Waals surface area contributed by atoms with Gasteiger partial charge in [0.05, 0.1) is 6.42 Å². The number of carbonyl (C=O) groups is 1. The van der Waals surface area contributed by atoms with Gasteiger partial charge in [0, 0.05) is 25.3 Å². The number of aromatic hydroxyl groups is 1. The summed E-state index contributed by atoms with van der Waals surface area (Å²) in [5.41, 5.74) is 2.81. The molecule has 0 amide bonds. The molecule has 20 heavy (non-hydrogen) atoms. The Bertz CT molecular complexity index is 593. The Hall–Kier alpha value is -2.49.